The quantitative estimate of drug-likeness (QED) is 0.680. The normalized spacial score (nSPS) is 22.3. The number of piperidine rings is 1. The zero-order valence-electron chi connectivity index (χ0n) is 19.0. The third-order valence-corrected chi connectivity index (χ3v) is 6.39. The van der Waals surface area contributed by atoms with Crippen LogP contribution in [-0.2, 0) is 16.1 Å². The highest BCUT2D eigenvalue weighted by molar-refractivity contribution is 5.81. The molecule has 2 saturated heterocycles. The fourth-order valence-corrected chi connectivity index (χ4v) is 4.77. The van der Waals surface area contributed by atoms with E-state index in [-0.39, 0.29) is 24.0 Å². The number of nitrogens with zero attached hydrogens (tertiary/aromatic N) is 2. The predicted octanol–water partition coefficient (Wildman–Crippen LogP) is 3.35. The SMILES string of the molecule is COc1ccc(CN2CCC[C@@H]([C@H](NC(=O)[C@@H]3CCCO3)c3ccccn3)C2)cc1OC. The van der Waals surface area contributed by atoms with Gasteiger partial charge in [-0.25, -0.2) is 0 Å². The first kappa shape index (κ1) is 22.6. The third-order valence-electron chi connectivity index (χ3n) is 6.39. The molecule has 3 atom stereocenters. The fraction of sp³-hybridized carbons (Fsp3) is 0.520. The van der Waals surface area contributed by atoms with Crippen molar-refractivity contribution >= 4 is 5.91 Å². The molecule has 2 aromatic rings. The van der Waals surface area contributed by atoms with Crippen LogP contribution in [0.25, 0.3) is 0 Å². The predicted molar refractivity (Wildman–Crippen MR) is 122 cm³/mol. The summed E-state index contributed by atoms with van der Waals surface area (Å²) in [6, 6.07) is 11.9. The summed E-state index contributed by atoms with van der Waals surface area (Å²) in [5, 5.41) is 3.27. The Morgan fingerprint density at radius 3 is 2.78 bits per heavy atom. The van der Waals surface area contributed by atoms with Crippen molar-refractivity contribution in [3.63, 3.8) is 0 Å². The Kier molecular flexibility index (Phi) is 7.60. The van der Waals surface area contributed by atoms with Gasteiger partial charge >= 0.3 is 0 Å². The van der Waals surface area contributed by atoms with Crippen LogP contribution in [-0.4, -0.2) is 55.8 Å². The van der Waals surface area contributed by atoms with E-state index in [0.29, 0.717) is 6.61 Å². The first-order chi connectivity index (χ1) is 15.7. The summed E-state index contributed by atoms with van der Waals surface area (Å²) in [5.41, 5.74) is 2.10. The number of amides is 1. The van der Waals surface area contributed by atoms with Crippen molar-refractivity contribution in [2.24, 2.45) is 5.92 Å². The zero-order chi connectivity index (χ0) is 22.3. The van der Waals surface area contributed by atoms with E-state index in [1.165, 1.54) is 5.56 Å². The summed E-state index contributed by atoms with van der Waals surface area (Å²) in [4.78, 5) is 19.9. The summed E-state index contributed by atoms with van der Waals surface area (Å²) >= 11 is 0. The largest absolute Gasteiger partial charge is 0.493 e. The maximum Gasteiger partial charge on any atom is 0.249 e. The van der Waals surface area contributed by atoms with E-state index in [1.807, 2.05) is 30.3 Å². The lowest BCUT2D eigenvalue weighted by atomic mass is 9.88. The van der Waals surface area contributed by atoms with Crippen molar-refractivity contribution < 1.29 is 19.0 Å². The maximum absolute atomic E-state index is 12.9. The number of likely N-dealkylation sites (tertiary alicyclic amines) is 1. The molecule has 0 bridgehead atoms. The van der Waals surface area contributed by atoms with Gasteiger partial charge in [0.25, 0.3) is 0 Å². The van der Waals surface area contributed by atoms with E-state index in [9.17, 15) is 4.79 Å². The van der Waals surface area contributed by atoms with Crippen LogP contribution >= 0.6 is 0 Å². The van der Waals surface area contributed by atoms with E-state index in [0.717, 1.165) is 62.5 Å². The average molecular weight is 440 g/mol. The zero-order valence-corrected chi connectivity index (χ0v) is 19.0. The second-order valence-electron chi connectivity index (χ2n) is 8.57. The lowest BCUT2D eigenvalue weighted by Gasteiger charge is -2.37. The first-order valence-corrected chi connectivity index (χ1v) is 11.4. The van der Waals surface area contributed by atoms with Crippen molar-refractivity contribution in [3.8, 4) is 11.5 Å². The van der Waals surface area contributed by atoms with Gasteiger partial charge in [0.15, 0.2) is 11.5 Å². The van der Waals surface area contributed by atoms with Crippen LogP contribution in [0.4, 0.5) is 0 Å². The van der Waals surface area contributed by atoms with E-state index in [2.05, 4.69) is 21.3 Å². The molecule has 0 aliphatic carbocycles. The molecule has 0 spiro atoms. The first-order valence-electron chi connectivity index (χ1n) is 11.4. The molecular formula is C25H33N3O4. The van der Waals surface area contributed by atoms with Gasteiger partial charge in [0.2, 0.25) is 5.91 Å². The van der Waals surface area contributed by atoms with Crippen LogP contribution < -0.4 is 14.8 Å². The Morgan fingerprint density at radius 1 is 1.19 bits per heavy atom. The molecule has 172 valence electrons. The minimum absolute atomic E-state index is 0.0184. The molecular weight excluding hydrogens is 406 g/mol. The van der Waals surface area contributed by atoms with Crippen LogP contribution in [0.15, 0.2) is 42.6 Å². The molecule has 0 radical (unpaired) electrons. The third kappa shape index (κ3) is 5.40. The molecule has 1 aromatic heterocycles. The number of hydrogen-bond donors (Lipinski definition) is 1. The second-order valence-corrected chi connectivity index (χ2v) is 8.57. The monoisotopic (exact) mass is 439 g/mol. The molecule has 4 rings (SSSR count). The Labute approximate surface area is 190 Å². The highest BCUT2D eigenvalue weighted by Crippen LogP contribution is 2.32. The molecule has 7 heteroatoms. The van der Waals surface area contributed by atoms with E-state index in [1.54, 1.807) is 20.4 Å². The van der Waals surface area contributed by atoms with Crippen LogP contribution in [0.5, 0.6) is 11.5 Å². The topological polar surface area (TPSA) is 72.9 Å². The van der Waals surface area contributed by atoms with Gasteiger partial charge in [0.1, 0.15) is 6.10 Å². The number of ether oxygens (including phenoxy) is 3. The van der Waals surface area contributed by atoms with Crippen LogP contribution in [0.3, 0.4) is 0 Å². The molecule has 0 saturated carbocycles. The molecule has 1 N–H and O–H groups in total. The molecule has 2 aliphatic heterocycles. The van der Waals surface area contributed by atoms with Crippen molar-refractivity contribution in [2.45, 2.75) is 44.4 Å². The van der Waals surface area contributed by atoms with Gasteiger partial charge in [-0.05, 0) is 68.0 Å². The summed E-state index contributed by atoms with van der Waals surface area (Å²) in [5.74, 6) is 1.74. The van der Waals surface area contributed by atoms with Crippen molar-refractivity contribution in [1.29, 1.82) is 0 Å². The number of benzene rings is 1. The molecule has 2 aliphatic rings. The van der Waals surface area contributed by atoms with Crippen LogP contribution in [0.1, 0.15) is 43.0 Å². The fourth-order valence-electron chi connectivity index (χ4n) is 4.77. The van der Waals surface area contributed by atoms with Gasteiger partial charge in [-0.1, -0.05) is 12.1 Å². The Morgan fingerprint density at radius 2 is 2.06 bits per heavy atom. The highest BCUT2D eigenvalue weighted by Gasteiger charge is 2.33. The summed E-state index contributed by atoms with van der Waals surface area (Å²) in [6.45, 7) is 3.40. The number of nitrogens with one attached hydrogen (secondary N) is 1. The van der Waals surface area contributed by atoms with Crippen molar-refractivity contribution in [2.75, 3.05) is 33.9 Å². The molecule has 3 heterocycles. The van der Waals surface area contributed by atoms with Gasteiger partial charge in [-0.3, -0.25) is 14.7 Å². The Hall–Kier alpha value is -2.64. The van der Waals surface area contributed by atoms with Crippen molar-refractivity contribution in [1.82, 2.24) is 15.2 Å². The number of methoxy groups -OCH3 is 2. The Balaban J connectivity index is 1.47. The minimum atomic E-state index is -0.340. The number of hydrogen-bond acceptors (Lipinski definition) is 6. The lowest BCUT2D eigenvalue weighted by molar-refractivity contribution is -0.131. The molecule has 32 heavy (non-hydrogen) atoms. The summed E-state index contributed by atoms with van der Waals surface area (Å²) < 4.78 is 16.4. The average Bonchev–Trinajstić information content (AvgIpc) is 3.38. The summed E-state index contributed by atoms with van der Waals surface area (Å²) in [7, 11) is 3.31. The molecule has 1 aromatic carbocycles. The van der Waals surface area contributed by atoms with Gasteiger partial charge in [0.05, 0.1) is 26.0 Å². The standard InChI is InChI=1S/C25H33N3O4/c1-30-21-11-10-18(15-23(21)31-2)16-28-13-5-7-19(17-28)24(20-8-3-4-12-26-20)27-25(29)22-9-6-14-32-22/h3-4,8,10-12,15,19,22,24H,5-7,9,13-14,16-17H2,1-2H3,(H,27,29)/t19-,22+,24+/m1/s1. The number of carbonyl (C=O) groups excluding carboxylic acids is 1. The van der Waals surface area contributed by atoms with Gasteiger partial charge < -0.3 is 19.5 Å². The van der Waals surface area contributed by atoms with Crippen LogP contribution in [0, 0.1) is 5.92 Å². The Bertz CT molecular complexity index is 886. The van der Waals surface area contributed by atoms with E-state index < -0.39 is 0 Å². The van der Waals surface area contributed by atoms with Gasteiger partial charge in [-0.15, -0.1) is 0 Å². The smallest absolute Gasteiger partial charge is 0.249 e. The maximum atomic E-state index is 12.9. The number of aromatic nitrogens is 1. The summed E-state index contributed by atoms with van der Waals surface area (Å²) in [6.07, 6.45) is 5.32. The molecule has 7 nitrogen and oxygen atoms in total. The van der Waals surface area contributed by atoms with E-state index in [4.69, 9.17) is 14.2 Å². The van der Waals surface area contributed by atoms with Crippen molar-refractivity contribution in [3.05, 3.63) is 53.9 Å². The highest BCUT2D eigenvalue weighted by atomic mass is 16.5. The lowest BCUT2D eigenvalue weighted by Crippen LogP contribution is -2.45. The van der Waals surface area contributed by atoms with Gasteiger partial charge in [0, 0.05) is 25.9 Å². The van der Waals surface area contributed by atoms with Gasteiger partial charge in [-0.2, -0.15) is 0 Å². The van der Waals surface area contributed by atoms with E-state index >= 15 is 0 Å². The van der Waals surface area contributed by atoms with Crippen LogP contribution in [0.2, 0.25) is 0 Å². The minimum Gasteiger partial charge on any atom is -0.493 e. The number of rotatable bonds is 8. The molecule has 0 unspecified atom stereocenters. The number of carbonyl (C=O) groups is 1. The molecule has 1 amide bonds. The molecule has 2 fully saturated rings. The second kappa shape index (κ2) is 10.8. The number of pyridine rings is 1.